The van der Waals surface area contributed by atoms with Crippen molar-refractivity contribution < 1.29 is 0 Å². The summed E-state index contributed by atoms with van der Waals surface area (Å²) in [6.45, 7) is 6.08. The van der Waals surface area contributed by atoms with Gasteiger partial charge in [-0.1, -0.05) is 6.92 Å². The molecule has 1 atom stereocenters. The number of hydrogen-bond donors (Lipinski definition) is 0. The van der Waals surface area contributed by atoms with Crippen LogP contribution in [-0.4, -0.2) is 32.4 Å². The molecule has 3 heterocycles. The number of rotatable bonds is 1. The number of hydrogen-bond acceptors (Lipinski definition) is 4. The van der Waals surface area contributed by atoms with Gasteiger partial charge in [0.2, 0.25) is 5.95 Å². The lowest BCUT2D eigenvalue weighted by Crippen LogP contribution is -2.38. The molecule has 1 fully saturated rings. The van der Waals surface area contributed by atoms with Crippen LogP contribution in [0.5, 0.6) is 0 Å². The summed E-state index contributed by atoms with van der Waals surface area (Å²) in [4.78, 5) is 19.5. The van der Waals surface area contributed by atoms with Crippen molar-refractivity contribution in [1.29, 1.82) is 0 Å². The monoisotopic (exact) mass is 275 g/mol. The highest BCUT2D eigenvalue weighted by Crippen LogP contribution is 2.22. The maximum absolute atomic E-state index is 12.5. The van der Waals surface area contributed by atoms with Gasteiger partial charge in [0, 0.05) is 27.2 Å². The molecule has 0 radical (unpaired) electrons. The molecule has 0 aromatic carbocycles. The highest BCUT2D eigenvalue weighted by atomic mass is 16.1. The number of nitrogens with zero attached hydrogens (tertiary/aromatic N) is 5. The number of anilines is 1. The van der Waals surface area contributed by atoms with Crippen LogP contribution in [0.1, 0.15) is 25.5 Å². The molecule has 1 aliphatic rings. The molecule has 3 rings (SSSR count). The van der Waals surface area contributed by atoms with Gasteiger partial charge in [-0.2, -0.15) is 5.10 Å². The Morgan fingerprint density at radius 1 is 1.30 bits per heavy atom. The Hall–Kier alpha value is -1.85. The second-order valence-corrected chi connectivity index (χ2v) is 5.88. The summed E-state index contributed by atoms with van der Waals surface area (Å²) in [5.41, 5.74) is 2.10. The Kier molecular flexibility index (Phi) is 3.03. The van der Waals surface area contributed by atoms with E-state index in [1.807, 2.05) is 6.92 Å². The molecule has 0 amide bonds. The molecule has 0 bridgehead atoms. The van der Waals surface area contributed by atoms with E-state index in [1.54, 1.807) is 23.3 Å². The van der Waals surface area contributed by atoms with Crippen molar-refractivity contribution in [3.8, 4) is 0 Å². The Morgan fingerprint density at radius 2 is 2.05 bits per heavy atom. The molecule has 20 heavy (non-hydrogen) atoms. The van der Waals surface area contributed by atoms with Crippen molar-refractivity contribution in [2.75, 3.05) is 18.0 Å². The first-order chi connectivity index (χ1) is 9.49. The molecular formula is C14H21N5O. The number of aryl methyl sites for hydroxylation is 2. The quantitative estimate of drug-likeness (QED) is 0.785. The first-order valence-electron chi connectivity index (χ1n) is 7.14. The molecule has 0 spiro atoms. The van der Waals surface area contributed by atoms with Crippen molar-refractivity contribution >= 4 is 17.0 Å². The van der Waals surface area contributed by atoms with E-state index in [-0.39, 0.29) is 5.56 Å². The van der Waals surface area contributed by atoms with E-state index in [4.69, 9.17) is 4.98 Å². The van der Waals surface area contributed by atoms with Crippen molar-refractivity contribution in [2.45, 2.75) is 26.7 Å². The summed E-state index contributed by atoms with van der Waals surface area (Å²) in [5, 5.41) is 4.32. The molecule has 0 unspecified atom stereocenters. The minimum absolute atomic E-state index is 0.0219. The average Bonchev–Trinajstić information content (AvgIpc) is 2.68. The van der Waals surface area contributed by atoms with Gasteiger partial charge in [0.1, 0.15) is 5.52 Å². The summed E-state index contributed by atoms with van der Waals surface area (Å²) < 4.78 is 3.28. The van der Waals surface area contributed by atoms with Crippen LogP contribution in [0.4, 0.5) is 5.95 Å². The van der Waals surface area contributed by atoms with Gasteiger partial charge in [-0.15, -0.1) is 0 Å². The van der Waals surface area contributed by atoms with Crippen LogP contribution in [0.25, 0.3) is 11.0 Å². The average molecular weight is 275 g/mol. The van der Waals surface area contributed by atoms with Crippen LogP contribution in [0, 0.1) is 12.8 Å². The third-order valence-electron chi connectivity index (χ3n) is 4.15. The van der Waals surface area contributed by atoms with Gasteiger partial charge < -0.3 is 4.90 Å². The maximum Gasteiger partial charge on any atom is 0.280 e. The molecular weight excluding hydrogens is 254 g/mol. The van der Waals surface area contributed by atoms with Crippen LogP contribution in [-0.2, 0) is 14.1 Å². The van der Waals surface area contributed by atoms with Gasteiger partial charge in [-0.25, -0.2) is 4.98 Å². The van der Waals surface area contributed by atoms with Gasteiger partial charge in [0.25, 0.3) is 5.56 Å². The van der Waals surface area contributed by atoms with Crippen LogP contribution < -0.4 is 10.5 Å². The molecule has 2 aromatic rings. The largest absolute Gasteiger partial charge is 0.342 e. The van der Waals surface area contributed by atoms with Crippen LogP contribution in [0.3, 0.4) is 0 Å². The van der Waals surface area contributed by atoms with Crippen molar-refractivity contribution in [1.82, 2.24) is 19.3 Å². The second kappa shape index (κ2) is 4.61. The zero-order valence-corrected chi connectivity index (χ0v) is 12.6. The van der Waals surface area contributed by atoms with E-state index >= 15 is 0 Å². The molecule has 0 N–H and O–H groups in total. The molecule has 6 heteroatoms. The third kappa shape index (κ3) is 1.90. The zero-order chi connectivity index (χ0) is 14.4. The first-order valence-corrected chi connectivity index (χ1v) is 7.14. The molecule has 2 aromatic heterocycles. The van der Waals surface area contributed by atoms with Gasteiger partial charge in [-0.3, -0.25) is 14.0 Å². The molecule has 1 saturated heterocycles. The predicted octanol–water partition coefficient (Wildman–Crippen LogP) is 1.21. The number of fused-ring (bicyclic) bond motifs is 1. The second-order valence-electron chi connectivity index (χ2n) is 5.88. The fraction of sp³-hybridized carbons (Fsp3) is 0.643. The van der Waals surface area contributed by atoms with E-state index in [2.05, 4.69) is 16.9 Å². The van der Waals surface area contributed by atoms with E-state index < -0.39 is 0 Å². The van der Waals surface area contributed by atoms with Crippen LogP contribution in [0.2, 0.25) is 0 Å². The van der Waals surface area contributed by atoms with Gasteiger partial charge >= 0.3 is 0 Å². The maximum atomic E-state index is 12.5. The summed E-state index contributed by atoms with van der Waals surface area (Å²) in [5.74, 6) is 1.41. The molecule has 0 saturated carbocycles. The van der Waals surface area contributed by atoms with Gasteiger partial charge in [0.05, 0.1) is 5.69 Å². The Balaban J connectivity index is 2.19. The van der Waals surface area contributed by atoms with Gasteiger partial charge in [0.15, 0.2) is 5.52 Å². The van der Waals surface area contributed by atoms with Crippen molar-refractivity contribution in [3.63, 3.8) is 0 Å². The molecule has 6 nitrogen and oxygen atoms in total. The fourth-order valence-corrected chi connectivity index (χ4v) is 3.10. The minimum atomic E-state index is -0.0219. The van der Waals surface area contributed by atoms with E-state index in [1.165, 1.54) is 6.42 Å². The summed E-state index contributed by atoms with van der Waals surface area (Å²) in [6, 6.07) is 0. The lowest BCUT2D eigenvalue weighted by Gasteiger charge is -2.32. The number of aromatic nitrogens is 4. The SMILES string of the molecule is Cc1nn(C)c2c(=O)n(C)c(N3CCC[C@H](C)C3)nc12. The molecule has 0 aliphatic carbocycles. The lowest BCUT2D eigenvalue weighted by molar-refractivity contribution is 0.438. The first kappa shape index (κ1) is 13.1. The zero-order valence-electron chi connectivity index (χ0n) is 12.6. The predicted molar refractivity (Wildman–Crippen MR) is 79.1 cm³/mol. The normalized spacial score (nSPS) is 19.8. The smallest absolute Gasteiger partial charge is 0.280 e. The highest BCUT2D eigenvalue weighted by Gasteiger charge is 2.22. The molecule has 108 valence electrons. The van der Waals surface area contributed by atoms with E-state index in [9.17, 15) is 4.79 Å². The topological polar surface area (TPSA) is 56.0 Å². The lowest BCUT2D eigenvalue weighted by atomic mass is 10.0. The molecule has 1 aliphatic heterocycles. The van der Waals surface area contributed by atoms with Crippen LogP contribution >= 0.6 is 0 Å². The van der Waals surface area contributed by atoms with Crippen molar-refractivity contribution in [2.24, 2.45) is 20.0 Å². The summed E-state index contributed by atoms with van der Waals surface area (Å²) in [7, 11) is 3.59. The van der Waals surface area contributed by atoms with E-state index in [0.717, 1.165) is 36.7 Å². The number of piperidine rings is 1. The highest BCUT2D eigenvalue weighted by molar-refractivity contribution is 5.77. The fourth-order valence-electron chi connectivity index (χ4n) is 3.10. The standard InChI is InChI=1S/C14H21N5O/c1-9-6-5-7-19(8-9)14-15-11-10(2)16-18(4)12(11)13(20)17(14)3/h9H,5-8H2,1-4H3/t9-/m0/s1. The van der Waals surface area contributed by atoms with Crippen LogP contribution in [0.15, 0.2) is 4.79 Å². The summed E-state index contributed by atoms with van der Waals surface area (Å²) >= 11 is 0. The Bertz CT molecular complexity index is 714. The van der Waals surface area contributed by atoms with Crippen molar-refractivity contribution in [3.05, 3.63) is 16.0 Å². The third-order valence-corrected chi connectivity index (χ3v) is 4.15. The Morgan fingerprint density at radius 3 is 2.75 bits per heavy atom. The summed E-state index contributed by atoms with van der Waals surface area (Å²) in [6.07, 6.45) is 2.40. The van der Waals surface area contributed by atoms with E-state index in [0.29, 0.717) is 11.4 Å². The Labute approximate surface area is 118 Å². The minimum Gasteiger partial charge on any atom is -0.342 e. The van der Waals surface area contributed by atoms with Gasteiger partial charge in [-0.05, 0) is 25.7 Å².